The molecule has 1 aromatic carbocycles. The first kappa shape index (κ1) is 17.2. The van der Waals surface area contributed by atoms with Crippen molar-refractivity contribution >= 4 is 17.7 Å². The number of methoxy groups -OCH3 is 1. The first-order valence-corrected chi connectivity index (χ1v) is 8.50. The summed E-state index contributed by atoms with van der Waals surface area (Å²) in [6, 6.07) is 7.75. The number of nitrogens with zero attached hydrogens (tertiary/aromatic N) is 2. The minimum absolute atomic E-state index is 0.454. The van der Waals surface area contributed by atoms with Gasteiger partial charge in [0.05, 0.1) is 18.5 Å². The maximum atomic E-state index is 11.4. The highest BCUT2D eigenvalue weighted by Gasteiger charge is 2.50. The Morgan fingerprint density at radius 3 is 2.75 bits per heavy atom. The van der Waals surface area contributed by atoms with Gasteiger partial charge in [0.1, 0.15) is 5.60 Å². The van der Waals surface area contributed by atoms with Crippen molar-refractivity contribution in [3.63, 3.8) is 0 Å². The van der Waals surface area contributed by atoms with Gasteiger partial charge in [-0.05, 0) is 37.5 Å². The predicted octanol–water partition coefficient (Wildman–Crippen LogP) is 3.94. The third-order valence-corrected chi connectivity index (χ3v) is 5.37. The molecule has 1 heterocycles. The second-order valence-corrected chi connectivity index (χ2v) is 7.17. The number of ether oxygens (including phenoxy) is 1. The molecule has 0 bridgehead atoms. The number of aliphatic hydroxyl groups is 1. The van der Waals surface area contributed by atoms with Crippen molar-refractivity contribution in [3.8, 4) is 0 Å². The number of benzene rings is 1. The highest BCUT2D eigenvalue weighted by atomic mass is 35.5. The van der Waals surface area contributed by atoms with E-state index in [1.807, 2.05) is 42.0 Å². The summed E-state index contributed by atoms with van der Waals surface area (Å²) in [6.07, 6.45) is 9.70. The Labute approximate surface area is 147 Å². The molecule has 0 amide bonds. The van der Waals surface area contributed by atoms with Crippen LogP contribution in [0.5, 0.6) is 0 Å². The molecule has 1 saturated carbocycles. The molecule has 24 heavy (non-hydrogen) atoms. The Kier molecular flexibility index (Phi) is 4.81. The zero-order chi connectivity index (χ0) is 17.2. The monoisotopic (exact) mass is 346 g/mol. The summed E-state index contributed by atoms with van der Waals surface area (Å²) in [7, 11) is 1.67. The van der Waals surface area contributed by atoms with E-state index < -0.39 is 11.2 Å². The number of rotatable bonds is 4. The number of halogens is 1. The van der Waals surface area contributed by atoms with Crippen LogP contribution in [-0.2, 0) is 11.3 Å². The van der Waals surface area contributed by atoms with Crippen molar-refractivity contribution in [2.24, 2.45) is 0 Å². The highest BCUT2D eigenvalue weighted by molar-refractivity contribution is 6.30. The van der Waals surface area contributed by atoms with E-state index in [0.717, 1.165) is 23.4 Å². The van der Waals surface area contributed by atoms with Gasteiger partial charge in [-0.2, -0.15) is 0 Å². The molecule has 1 aliphatic carbocycles. The lowest BCUT2D eigenvalue weighted by atomic mass is 9.70. The lowest BCUT2D eigenvalue weighted by Gasteiger charge is -2.48. The molecule has 0 radical (unpaired) electrons. The summed E-state index contributed by atoms with van der Waals surface area (Å²) >= 11 is 5.95. The van der Waals surface area contributed by atoms with Gasteiger partial charge in [0.2, 0.25) is 0 Å². The van der Waals surface area contributed by atoms with E-state index in [2.05, 4.69) is 11.1 Å². The van der Waals surface area contributed by atoms with Crippen molar-refractivity contribution < 1.29 is 9.84 Å². The van der Waals surface area contributed by atoms with E-state index in [9.17, 15) is 5.11 Å². The largest absolute Gasteiger partial charge is 0.385 e. The minimum atomic E-state index is -0.987. The van der Waals surface area contributed by atoms with Gasteiger partial charge < -0.3 is 14.4 Å². The van der Waals surface area contributed by atoms with E-state index in [1.165, 1.54) is 5.57 Å². The average molecular weight is 347 g/mol. The normalized spacial score (nSPS) is 29.1. The van der Waals surface area contributed by atoms with Gasteiger partial charge in [0, 0.05) is 30.9 Å². The topological polar surface area (TPSA) is 47.3 Å². The van der Waals surface area contributed by atoms with Crippen molar-refractivity contribution in [2.75, 3.05) is 7.11 Å². The molecule has 1 fully saturated rings. The molecule has 3 rings (SSSR count). The Hall–Kier alpha value is -1.62. The first-order valence-electron chi connectivity index (χ1n) is 8.12. The Morgan fingerprint density at radius 2 is 2.12 bits per heavy atom. The number of aromatic nitrogens is 2. The summed E-state index contributed by atoms with van der Waals surface area (Å²) in [5, 5.41) is 12.1. The summed E-state index contributed by atoms with van der Waals surface area (Å²) in [5.41, 5.74) is 0.739. The van der Waals surface area contributed by atoms with Crippen LogP contribution in [0, 0.1) is 0 Å². The predicted molar refractivity (Wildman–Crippen MR) is 95.9 cm³/mol. The molecule has 1 aliphatic rings. The molecular formula is C19H23ClN2O2. The Balaban J connectivity index is 1.87. The van der Waals surface area contributed by atoms with E-state index in [-0.39, 0.29) is 0 Å². The summed E-state index contributed by atoms with van der Waals surface area (Å²) < 4.78 is 7.63. The van der Waals surface area contributed by atoms with Crippen molar-refractivity contribution in [1.29, 1.82) is 0 Å². The molecule has 0 aliphatic heterocycles. The smallest absolute Gasteiger partial charge is 0.115 e. The van der Waals surface area contributed by atoms with Crippen LogP contribution >= 0.6 is 11.6 Å². The summed E-state index contributed by atoms with van der Waals surface area (Å²) in [4.78, 5) is 4.07. The van der Waals surface area contributed by atoms with E-state index in [4.69, 9.17) is 16.3 Å². The second-order valence-electron chi connectivity index (χ2n) is 6.73. The third-order valence-electron chi connectivity index (χ3n) is 5.12. The summed E-state index contributed by atoms with van der Waals surface area (Å²) in [5.74, 6) is 0. The van der Waals surface area contributed by atoms with Crippen LogP contribution in [-0.4, -0.2) is 33.0 Å². The SMILES string of the molecule is CO[C@]1(C)CC/C(=C\c2ccc(Cl)cc2)C[C@@]1(O)Cn1ccnc1. The first-order chi connectivity index (χ1) is 11.4. The maximum Gasteiger partial charge on any atom is 0.115 e. The number of hydrogen-bond acceptors (Lipinski definition) is 3. The van der Waals surface area contributed by atoms with Crippen LogP contribution in [0.3, 0.4) is 0 Å². The maximum absolute atomic E-state index is 11.4. The van der Waals surface area contributed by atoms with Crippen molar-refractivity contribution in [2.45, 2.75) is 43.9 Å². The average Bonchev–Trinajstić information content (AvgIpc) is 3.06. The molecule has 1 N–H and O–H groups in total. The van der Waals surface area contributed by atoms with Crippen LogP contribution in [0.2, 0.25) is 5.02 Å². The van der Waals surface area contributed by atoms with E-state index in [0.29, 0.717) is 13.0 Å². The fourth-order valence-corrected chi connectivity index (χ4v) is 3.52. The van der Waals surface area contributed by atoms with Gasteiger partial charge in [-0.1, -0.05) is 35.4 Å². The van der Waals surface area contributed by atoms with Crippen LogP contribution < -0.4 is 0 Å². The third kappa shape index (κ3) is 3.41. The van der Waals surface area contributed by atoms with Gasteiger partial charge in [0.25, 0.3) is 0 Å². The van der Waals surface area contributed by atoms with Gasteiger partial charge in [-0.15, -0.1) is 0 Å². The van der Waals surface area contributed by atoms with Gasteiger partial charge >= 0.3 is 0 Å². The highest BCUT2D eigenvalue weighted by Crippen LogP contribution is 2.43. The molecule has 0 saturated heterocycles. The number of imidazole rings is 1. The van der Waals surface area contributed by atoms with Crippen molar-refractivity contribution in [1.82, 2.24) is 9.55 Å². The molecule has 2 aromatic rings. The van der Waals surface area contributed by atoms with Crippen LogP contribution in [0.1, 0.15) is 31.7 Å². The van der Waals surface area contributed by atoms with Crippen molar-refractivity contribution in [3.05, 3.63) is 59.1 Å². The zero-order valence-electron chi connectivity index (χ0n) is 14.1. The van der Waals surface area contributed by atoms with Gasteiger partial charge in [-0.3, -0.25) is 0 Å². The lowest BCUT2D eigenvalue weighted by molar-refractivity contribution is -0.179. The van der Waals surface area contributed by atoms with Crippen LogP contribution in [0.4, 0.5) is 0 Å². The van der Waals surface area contributed by atoms with Gasteiger partial charge in [0.15, 0.2) is 0 Å². The standard InChI is InChI=1S/C19H23ClN2O2/c1-18(24-2)8-7-16(11-15-3-5-17(20)6-4-15)12-19(18,23)13-22-10-9-21-14-22/h3-6,9-11,14,23H,7-8,12-13H2,1-2H3/b16-11+/t18-,19-/m1/s1. The molecule has 128 valence electrons. The Bertz CT molecular complexity index is 711. The molecule has 5 heteroatoms. The van der Waals surface area contributed by atoms with E-state index >= 15 is 0 Å². The number of hydrogen-bond donors (Lipinski definition) is 1. The van der Waals surface area contributed by atoms with E-state index in [1.54, 1.807) is 19.6 Å². The molecule has 2 atom stereocenters. The Morgan fingerprint density at radius 1 is 1.38 bits per heavy atom. The lowest BCUT2D eigenvalue weighted by Crippen LogP contribution is -2.58. The molecule has 1 aromatic heterocycles. The second kappa shape index (κ2) is 6.71. The zero-order valence-corrected chi connectivity index (χ0v) is 14.8. The summed E-state index contributed by atoms with van der Waals surface area (Å²) in [6.45, 7) is 2.44. The molecule has 4 nitrogen and oxygen atoms in total. The van der Waals surface area contributed by atoms with Crippen LogP contribution in [0.25, 0.3) is 6.08 Å². The molecule has 0 unspecified atom stereocenters. The van der Waals surface area contributed by atoms with Crippen LogP contribution in [0.15, 0.2) is 48.6 Å². The fourth-order valence-electron chi connectivity index (χ4n) is 3.40. The molecule has 0 spiro atoms. The minimum Gasteiger partial charge on any atom is -0.385 e. The van der Waals surface area contributed by atoms with Gasteiger partial charge in [-0.25, -0.2) is 4.98 Å². The fraction of sp³-hybridized carbons (Fsp3) is 0.421. The quantitative estimate of drug-likeness (QED) is 0.912. The molecular weight excluding hydrogens is 324 g/mol.